The van der Waals surface area contributed by atoms with Gasteiger partial charge in [0.2, 0.25) is 0 Å². The van der Waals surface area contributed by atoms with Gasteiger partial charge in [0.05, 0.1) is 0 Å². The fraction of sp³-hybridized carbons (Fsp3) is 1.00. The molecule has 0 heterocycles. The van der Waals surface area contributed by atoms with E-state index in [-0.39, 0.29) is 6.04 Å². The summed E-state index contributed by atoms with van der Waals surface area (Å²) < 4.78 is 16.3. The fourth-order valence-corrected chi connectivity index (χ4v) is 1.16. The van der Waals surface area contributed by atoms with Crippen LogP contribution in [0.3, 0.4) is 0 Å². The molecule has 0 rings (SSSR count). The van der Waals surface area contributed by atoms with E-state index in [1.807, 2.05) is 20.8 Å². The van der Waals surface area contributed by atoms with Gasteiger partial charge in [0.1, 0.15) is 11.5 Å². The molecular weight excluding hydrogens is 136 g/mol. The summed E-state index contributed by atoms with van der Waals surface area (Å²) in [5, 5.41) is 0. The van der Waals surface area contributed by atoms with Crippen molar-refractivity contribution in [2.75, 3.05) is 6.54 Å². The quantitative estimate of drug-likeness (QED) is 0.562. The first-order valence-corrected chi connectivity index (χ1v) is 4.23. The Balaban J connectivity index is 3.15. The first-order valence-electron chi connectivity index (χ1n) is 3.08. The molecule has 0 aliphatic carbocycles. The van der Waals surface area contributed by atoms with Gasteiger partial charge in [-0.3, -0.25) is 0 Å². The summed E-state index contributed by atoms with van der Waals surface area (Å²) in [7, 11) is 0. The lowest BCUT2D eigenvalue weighted by Crippen LogP contribution is -2.40. The number of rotatable bonds is 4. The minimum absolute atomic E-state index is 0.268. The summed E-state index contributed by atoms with van der Waals surface area (Å²) in [4.78, 5) is 0. The molecule has 0 saturated carbocycles. The summed E-state index contributed by atoms with van der Waals surface area (Å²) in [5.41, 5.74) is 0. The van der Waals surface area contributed by atoms with Gasteiger partial charge in [-0.1, -0.05) is 0 Å². The molecule has 0 saturated heterocycles. The highest BCUT2D eigenvalue weighted by Gasteiger charge is 2.04. The van der Waals surface area contributed by atoms with Crippen LogP contribution in [0, 0.1) is 0 Å². The molecule has 0 spiro atoms. The van der Waals surface area contributed by atoms with Gasteiger partial charge < -0.3 is 4.55 Å². The van der Waals surface area contributed by atoms with Gasteiger partial charge >= 0.3 is 0 Å². The molecule has 1 atom stereocenters. The average Bonchev–Trinajstić information content (AvgIpc) is 1.63. The van der Waals surface area contributed by atoms with E-state index in [0.717, 1.165) is 6.54 Å². The number of hydrogen-bond acceptors (Lipinski definition) is 3. The Morgan fingerprint density at radius 3 is 2.44 bits per heavy atom. The van der Waals surface area contributed by atoms with Gasteiger partial charge in [0, 0.05) is 12.6 Å². The molecule has 4 heteroatoms. The van der Waals surface area contributed by atoms with Gasteiger partial charge in [0.25, 0.3) is 0 Å². The molecule has 3 nitrogen and oxygen atoms in total. The van der Waals surface area contributed by atoms with Crippen LogP contribution in [0.5, 0.6) is 0 Å². The summed E-state index contributed by atoms with van der Waals surface area (Å²) in [6.07, 6.45) is 0. The zero-order chi connectivity index (χ0) is 7.28. The third-order valence-electron chi connectivity index (χ3n) is 0.618. The lowest BCUT2D eigenvalue weighted by Gasteiger charge is -2.11. The summed E-state index contributed by atoms with van der Waals surface area (Å²) in [6.45, 7) is 6.55. The third kappa shape index (κ3) is 6.11. The predicted octanol–water partition coefficient (Wildman–Crippen LogP) is 0.173. The third-order valence-corrected chi connectivity index (χ3v) is 1.85. The van der Waals surface area contributed by atoms with Gasteiger partial charge in [0.15, 0.2) is 0 Å². The number of hydrogen-bond donors (Lipinski definition) is 2. The molecule has 0 aliphatic heterocycles. The van der Waals surface area contributed by atoms with Crippen LogP contribution < -0.4 is 9.44 Å². The molecule has 0 bridgehead atoms. The van der Waals surface area contributed by atoms with Crippen molar-refractivity contribution in [1.29, 1.82) is 0 Å². The van der Waals surface area contributed by atoms with E-state index in [0.29, 0.717) is 0 Å². The maximum Gasteiger partial charge on any atom is 0.135 e. The van der Waals surface area contributed by atoms with Crippen molar-refractivity contribution in [2.24, 2.45) is 0 Å². The van der Waals surface area contributed by atoms with Crippen molar-refractivity contribution >= 4 is 11.5 Å². The largest absolute Gasteiger partial charge is 0.579 e. The van der Waals surface area contributed by atoms with E-state index >= 15 is 0 Å². The Hall–Kier alpha value is 0.230. The average molecular weight is 150 g/mol. The van der Waals surface area contributed by atoms with E-state index in [4.69, 9.17) is 0 Å². The minimum atomic E-state index is -1.05. The predicted molar refractivity (Wildman–Crippen MR) is 40.1 cm³/mol. The van der Waals surface area contributed by atoms with Crippen LogP contribution in [0.4, 0.5) is 0 Å². The van der Waals surface area contributed by atoms with Crippen molar-refractivity contribution in [3.8, 4) is 0 Å². The topological polar surface area (TPSA) is 47.1 Å². The molecule has 0 aliphatic rings. The van der Waals surface area contributed by atoms with Gasteiger partial charge in [-0.25, -0.2) is 0 Å². The molecule has 0 aromatic heterocycles. The molecule has 1 unspecified atom stereocenters. The highest BCUT2D eigenvalue weighted by Crippen LogP contribution is 1.81. The molecular formula is C5H14N2OS. The van der Waals surface area contributed by atoms with Crippen LogP contribution in [0.15, 0.2) is 0 Å². The van der Waals surface area contributed by atoms with E-state index < -0.39 is 11.5 Å². The van der Waals surface area contributed by atoms with Crippen LogP contribution in [-0.4, -0.2) is 17.1 Å². The molecule has 0 fully saturated rings. The van der Waals surface area contributed by atoms with Gasteiger partial charge in [-0.15, -0.1) is 9.44 Å². The van der Waals surface area contributed by atoms with E-state index in [1.54, 1.807) is 0 Å². The summed E-state index contributed by atoms with van der Waals surface area (Å²) in [6, 6.07) is 0.268. The molecule has 56 valence electrons. The minimum Gasteiger partial charge on any atom is -0.579 e. The second-order valence-corrected chi connectivity index (χ2v) is 3.10. The summed E-state index contributed by atoms with van der Waals surface area (Å²) in [5.74, 6) is 0. The van der Waals surface area contributed by atoms with Crippen LogP contribution in [0.25, 0.3) is 0 Å². The normalized spacial score (nSPS) is 14.3. The van der Waals surface area contributed by atoms with Crippen LogP contribution in [-0.2, 0) is 11.5 Å². The van der Waals surface area contributed by atoms with E-state index in [9.17, 15) is 4.55 Å². The lowest BCUT2D eigenvalue weighted by molar-refractivity contribution is 0.556. The van der Waals surface area contributed by atoms with Crippen molar-refractivity contribution in [1.82, 2.24) is 9.44 Å². The lowest BCUT2D eigenvalue weighted by atomic mass is 10.4. The zero-order valence-electron chi connectivity index (χ0n) is 6.10. The van der Waals surface area contributed by atoms with Gasteiger partial charge in [-0.05, 0) is 20.8 Å². The van der Waals surface area contributed by atoms with Crippen molar-refractivity contribution < 1.29 is 4.55 Å². The first-order chi connectivity index (χ1) is 4.16. The van der Waals surface area contributed by atoms with Crippen LogP contribution in [0.1, 0.15) is 20.8 Å². The number of nitrogens with one attached hydrogen (secondary N) is 2. The van der Waals surface area contributed by atoms with E-state index in [2.05, 4.69) is 9.44 Å². The summed E-state index contributed by atoms with van der Waals surface area (Å²) >= 11 is -1.05. The Morgan fingerprint density at radius 1 is 1.56 bits per heavy atom. The molecule has 0 aromatic rings. The zero-order valence-corrected chi connectivity index (χ0v) is 6.92. The van der Waals surface area contributed by atoms with Crippen LogP contribution >= 0.6 is 0 Å². The second kappa shape index (κ2) is 5.05. The van der Waals surface area contributed by atoms with Crippen molar-refractivity contribution in [2.45, 2.75) is 26.8 Å². The highest BCUT2D eigenvalue weighted by molar-refractivity contribution is 7.87. The maximum absolute atomic E-state index is 10.7. The Bertz CT molecular complexity index is 70.0. The Morgan fingerprint density at radius 2 is 2.11 bits per heavy atom. The maximum atomic E-state index is 10.7. The highest BCUT2D eigenvalue weighted by atomic mass is 32.2. The molecule has 9 heavy (non-hydrogen) atoms. The molecule has 2 N–H and O–H groups in total. The molecule has 0 radical (unpaired) electrons. The van der Waals surface area contributed by atoms with Gasteiger partial charge in [-0.2, -0.15) is 0 Å². The monoisotopic (exact) mass is 150 g/mol. The second-order valence-electron chi connectivity index (χ2n) is 2.04. The fourth-order valence-electron chi connectivity index (χ4n) is 0.387. The SMILES string of the molecule is CCN[S+]([O-])NC(C)C. The standard InChI is InChI=1S/C5H14N2OS/c1-4-6-9(8)7-5(2)3/h5-7H,4H2,1-3H3. The van der Waals surface area contributed by atoms with Crippen LogP contribution in [0.2, 0.25) is 0 Å². The Labute approximate surface area is 59.7 Å². The first kappa shape index (κ1) is 9.23. The molecule has 0 aromatic carbocycles. The van der Waals surface area contributed by atoms with Crippen molar-refractivity contribution in [3.63, 3.8) is 0 Å². The Kier molecular flexibility index (Phi) is 5.18. The van der Waals surface area contributed by atoms with Crippen molar-refractivity contribution in [3.05, 3.63) is 0 Å². The molecule has 0 amide bonds. The van der Waals surface area contributed by atoms with E-state index in [1.165, 1.54) is 0 Å². The smallest absolute Gasteiger partial charge is 0.135 e.